The summed E-state index contributed by atoms with van der Waals surface area (Å²) < 4.78 is 0. The minimum atomic E-state index is -0.598. The third-order valence-corrected chi connectivity index (χ3v) is 2.86. The summed E-state index contributed by atoms with van der Waals surface area (Å²) in [6, 6.07) is 13.7. The smallest absolute Gasteiger partial charge is 0.316 e. The number of rotatable bonds is 5. The van der Waals surface area contributed by atoms with Crippen molar-refractivity contribution in [3.05, 3.63) is 59.7 Å². The maximum Gasteiger partial charge on any atom is 0.316 e. The van der Waals surface area contributed by atoms with Crippen LogP contribution in [0, 0.1) is 0 Å². The van der Waals surface area contributed by atoms with Crippen LogP contribution in [0.25, 0.3) is 0 Å². The summed E-state index contributed by atoms with van der Waals surface area (Å²) in [6.07, 6.45) is 0. The average Bonchev–Trinajstić information content (AvgIpc) is 2.46. The Balaban J connectivity index is 1.98. The number of urea groups is 1. The quantitative estimate of drug-likeness (QED) is 0.672. The van der Waals surface area contributed by atoms with E-state index in [4.69, 9.17) is 11.5 Å². The highest BCUT2D eigenvalue weighted by molar-refractivity contribution is 5.92. The predicted molar refractivity (Wildman–Crippen MR) is 81.9 cm³/mol. The number of carbonyl (C=O) groups is 2. The molecule has 6 heteroatoms. The Kier molecular flexibility index (Phi) is 4.40. The van der Waals surface area contributed by atoms with Crippen LogP contribution in [0.5, 0.6) is 0 Å². The van der Waals surface area contributed by atoms with Gasteiger partial charge in [-0.3, -0.25) is 4.79 Å². The summed E-state index contributed by atoms with van der Waals surface area (Å²) in [5, 5.41) is 5.70. The molecule has 2 rings (SSSR count). The summed E-state index contributed by atoms with van der Waals surface area (Å²) in [6.45, 7) is 0.559. The molecule has 21 heavy (non-hydrogen) atoms. The molecule has 0 saturated heterocycles. The topological polar surface area (TPSA) is 110 Å². The first-order valence-corrected chi connectivity index (χ1v) is 6.34. The molecule has 3 amide bonds. The molecule has 0 aliphatic rings. The van der Waals surface area contributed by atoms with Crippen LogP contribution in [-0.4, -0.2) is 11.9 Å². The van der Waals surface area contributed by atoms with Crippen molar-refractivity contribution >= 4 is 23.3 Å². The fourth-order valence-corrected chi connectivity index (χ4v) is 1.85. The van der Waals surface area contributed by atoms with Gasteiger partial charge in [0.25, 0.3) is 0 Å². The second-order valence-electron chi connectivity index (χ2n) is 4.48. The molecule has 0 fully saturated rings. The van der Waals surface area contributed by atoms with Crippen molar-refractivity contribution in [2.75, 3.05) is 10.6 Å². The van der Waals surface area contributed by atoms with Crippen molar-refractivity contribution in [3.8, 4) is 0 Å². The molecule has 0 spiro atoms. The summed E-state index contributed by atoms with van der Waals surface area (Å²) in [4.78, 5) is 21.8. The van der Waals surface area contributed by atoms with Gasteiger partial charge in [-0.2, -0.15) is 0 Å². The van der Waals surface area contributed by atoms with Crippen molar-refractivity contribution < 1.29 is 9.59 Å². The van der Waals surface area contributed by atoms with Gasteiger partial charge in [0.2, 0.25) is 5.91 Å². The van der Waals surface area contributed by atoms with Gasteiger partial charge in [0, 0.05) is 23.5 Å². The van der Waals surface area contributed by atoms with E-state index in [0.717, 1.165) is 11.3 Å². The SMILES string of the molecule is NC(=O)Nc1ccc(NCc2cccc(C(N)=O)c2)cc1. The standard InChI is InChI=1S/C15H16N4O2/c16-14(20)11-3-1-2-10(8-11)9-18-12-4-6-13(7-5-12)19-15(17)21/h1-8,18H,9H2,(H2,16,20)(H3,17,19,21). The lowest BCUT2D eigenvalue weighted by Gasteiger charge is -2.08. The van der Waals surface area contributed by atoms with Crippen LogP contribution in [0.2, 0.25) is 0 Å². The van der Waals surface area contributed by atoms with Crippen LogP contribution in [0.1, 0.15) is 15.9 Å². The van der Waals surface area contributed by atoms with Crippen LogP contribution < -0.4 is 22.1 Å². The number of benzene rings is 2. The van der Waals surface area contributed by atoms with Gasteiger partial charge in [0.05, 0.1) is 0 Å². The fourth-order valence-electron chi connectivity index (χ4n) is 1.85. The van der Waals surface area contributed by atoms with E-state index in [1.807, 2.05) is 18.2 Å². The summed E-state index contributed by atoms with van der Waals surface area (Å²) >= 11 is 0. The molecule has 0 aliphatic carbocycles. The first-order chi connectivity index (χ1) is 10.0. The maximum atomic E-state index is 11.1. The molecule has 0 aliphatic heterocycles. The van der Waals surface area contributed by atoms with E-state index in [1.54, 1.807) is 30.3 Å². The fraction of sp³-hybridized carbons (Fsp3) is 0.0667. The minimum absolute atomic E-state index is 0.446. The highest BCUT2D eigenvalue weighted by Gasteiger charge is 2.01. The zero-order valence-corrected chi connectivity index (χ0v) is 11.3. The van der Waals surface area contributed by atoms with E-state index < -0.39 is 11.9 Å². The maximum absolute atomic E-state index is 11.1. The first-order valence-electron chi connectivity index (χ1n) is 6.34. The van der Waals surface area contributed by atoms with Crippen molar-refractivity contribution in [2.24, 2.45) is 11.5 Å². The van der Waals surface area contributed by atoms with E-state index in [0.29, 0.717) is 17.8 Å². The number of primary amides is 2. The van der Waals surface area contributed by atoms with Gasteiger partial charge in [0.15, 0.2) is 0 Å². The zero-order valence-electron chi connectivity index (χ0n) is 11.3. The van der Waals surface area contributed by atoms with Gasteiger partial charge in [-0.15, -0.1) is 0 Å². The zero-order chi connectivity index (χ0) is 15.2. The van der Waals surface area contributed by atoms with Crippen molar-refractivity contribution in [3.63, 3.8) is 0 Å². The van der Waals surface area contributed by atoms with Crippen molar-refractivity contribution in [1.82, 2.24) is 0 Å². The molecule has 2 aromatic carbocycles. The van der Waals surface area contributed by atoms with Gasteiger partial charge >= 0.3 is 6.03 Å². The third kappa shape index (κ3) is 4.24. The Morgan fingerprint density at radius 2 is 1.62 bits per heavy atom. The molecular formula is C15H16N4O2. The van der Waals surface area contributed by atoms with E-state index in [2.05, 4.69) is 10.6 Å². The Labute approximate surface area is 122 Å². The third-order valence-electron chi connectivity index (χ3n) is 2.86. The van der Waals surface area contributed by atoms with Crippen LogP contribution >= 0.6 is 0 Å². The van der Waals surface area contributed by atoms with Crippen LogP contribution in [0.3, 0.4) is 0 Å². The summed E-state index contributed by atoms with van der Waals surface area (Å²) in [7, 11) is 0. The number of carbonyl (C=O) groups excluding carboxylic acids is 2. The van der Waals surface area contributed by atoms with Gasteiger partial charge < -0.3 is 22.1 Å². The van der Waals surface area contributed by atoms with Gasteiger partial charge in [-0.25, -0.2) is 4.79 Å². The predicted octanol–water partition coefficient (Wildman–Crippen LogP) is 1.89. The van der Waals surface area contributed by atoms with Crippen LogP contribution in [-0.2, 0) is 6.54 Å². The van der Waals surface area contributed by atoms with Gasteiger partial charge in [-0.1, -0.05) is 12.1 Å². The molecule has 108 valence electrons. The van der Waals surface area contributed by atoms with Gasteiger partial charge in [-0.05, 0) is 42.0 Å². The number of hydrogen-bond donors (Lipinski definition) is 4. The van der Waals surface area contributed by atoms with Crippen LogP contribution in [0.15, 0.2) is 48.5 Å². The number of anilines is 2. The Bertz CT molecular complexity index is 653. The van der Waals surface area contributed by atoms with E-state index in [9.17, 15) is 9.59 Å². The highest BCUT2D eigenvalue weighted by atomic mass is 16.2. The van der Waals surface area contributed by atoms with E-state index in [-0.39, 0.29) is 0 Å². The highest BCUT2D eigenvalue weighted by Crippen LogP contribution is 2.14. The summed E-state index contributed by atoms with van der Waals surface area (Å²) in [5.41, 5.74) is 13.2. The van der Waals surface area contributed by atoms with E-state index in [1.165, 1.54) is 0 Å². The molecule has 0 unspecified atom stereocenters. The number of nitrogens with two attached hydrogens (primary N) is 2. The molecule has 0 atom stereocenters. The molecule has 0 heterocycles. The molecular weight excluding hydrogens is 268 g/mol. The molecule has 0 bridgehead atoms. The largest absolute Gasteiger partial charge is 0.381 e. The molecule has 6 N–H and O–H groups in total. The molecule has 6 nitrogen and oxygen atoms in total. The van der Waals surface area contributed by atoms with E-state index >= 15 is 0 Å². The first kappa shape index (κ1) is 14.4. The lowest BCUT2D eigenvalue weighted by atomic mass is 10.1. The Morgan fingerprint density at radius 3 is 2.24 bits per heavy atom. The monoisotopic (exact) mass is 284 g/mol. The molecule has 0 radical (unpaired) electrons. The molecule has 0 aromatic heterocycles. The number of amides is 3. The van der Waals surface area contributed by atoms with Gasteiger partial charge in [0.1, 0.15) is 0 Å². The normalized spacial score (nSPS) is 9.90. The van der Waals surface area contributed by atoms with Crippen LogP contribution in [0.4, 0.5) is 16.2 Å². The lowest BCUT2D eigenvalue weighted by molar-refractivity contribution is 0.1000. The molecule has 2 aromatic rings. The Hall–Kier alpha value is -3.02. The number of hydrogen-bond acceptors (Lipinski definition) is 3. The average molecular weight is 284 g/mol. The summed E-state index contributed by atoms with van der Waals surface area (Å²) in [5.74, 6) is -0.446. The second kappa shape index (κ2) is 6.42. The Morgan fingerprint density at radius 1 is 0.952 bits per heavy atom. The second-order valence-corrected chi connectivity index (χ2v) is 4.48. The number of nitrogens with one attached hydrogen (secondary N) is 2. The minimum Gasteiger partial charge on any atom is -0.381 e. The lowest BCUT2D eigenvalue weighted by Crippen LogP contribution is -2.19. The van der Waals surface area contributed by atoms with Crippen molar-refractivity contribution in [1.29, 1.82) is 0 Å². The molecule has 0 saturated carbocycles. The van der Waals surface area contributed by atoms with Crippen molar-refractivity contribution in [2.45, 2.75) is 6.54 Å².